The average Bonchev–Trinajstić information content (AvgIpc) is 2.46. The molecule has 0 bridgehead atoms. The van der Waals surface area contributed by atoms with Gasteiger partial charge in [-0.05, 0) is 36.2 Å². The number of nitrogens with zero attached hydrogens (tertiary/aromatic N) is 1. The number of rotatable bonds is 4. The molecule has 4 nitrogen and oxygen atoms in total. The van der Waals surface area contributed by atoms with E-state index in [0.717, 1.165) is 31.1 Å². The zero-order chi connectivity index (χ0) is 14.5. The predicted molar refractivity (Wildman–Crippen MR) is 78.2 cm³/mol. The van der Waals surface area contributed by atoms with Crippen molar-refractivity contribution in [3.63, 3.8) is 0 Å². The molecule has 20 heavy (non-hydrogen) atoms. The van der Waals surface area contributed by atoms with Crippen LogP contribution < -0.4 is 0 Å². The molecule has 0 fully saturated rings. The maximum absolute atomic E-state index is 11.0. The van der Waals surface area contributed by atoms with Gasteiger partial charge in [-0.25, -0.2) is 4.79 Å². The van der Waals surface area contributed by atoms with Gasteiger partial charge in [0.2, 0.25) is 0 Å². The number of hydrogen-bond acceptors (Lipinski definition) is 3. The molecule has 0 saturated heterocycles. The number of carboxylic acid groups (broad SMARTS) is 1. The summed E-state index contributed by atoms with van der Waals surface area (Å²) in [5, 5.41) is 8.48. The van der Waals surface area contributed by atoms with Crippen molar-refractivity contribution in [3.05, 3.63) is 47.5 Å². The molecule has 1 N–H and O–H groups in total. The molecule has 0 spiro atoms. The Morgan fingerprint density at radius 2 is 1.95 bits per heavy atom. The standard InChI is InChI=1S/C16H17NO3/c1-17-10-8-14(9-11-17)13-5-2-12(3-6-13)4-7-15(18)16(19)20/h2-8H,9-11H2,1H3,(H,19,20). The quantitative estimate of drug-likeness (QED) is 0.673. The maximum Gasteiger partial charge on any atom is 0.376 e. The Balaban J connectivity index is 2.07. The van der Waals surface area contributed by atoms with Crippen LogP contribution in [-0.2, 0) is 9.59 Å². The highest BCUT2D eigenvalue weighted by Gasteiger charge is 2.09. The molecule has 1 aromatic carbocycles. The van der Waals surface area contributed by atoms with E-state index >= 15 is 0 Å². The summed E-state index contributed by atoms with van der Waals surface area (Å²) in [6, 6.07) is 7.78. The van der Waals surface area contributed by atoms with Crippen LogP contribution in [0.15, 0.2) is 36.4 Å². The van der Waals surface area contributed by atoms with Crippen LogP contribution in [-0.4, -0.2) is 41.9 Å². The van der Waals surface area contributed by atoms with Crippen molar-refractivity contribution >= 4 is 23.4 Å². The SMILES string of the molecule is CN1CC=C(c2ccc(C=CC(=O)C(=O)O)cc2)CC1. The number of benzene rings is 1. The van der Waals surface area contributed by atoms with Crippen LogP contribution in [0.5, 0.6) is 0 Å². The molecule has 1 heterocycles. The maximum atomic E-state index is 11.0. The highest BCUT2D eigenvalue weighted by molar-refractivity contribution is 6.38. The van der Waals surface area contributed by atoms with Crippen LogP contribution in [0, 0.1) is 0 Å². The lowest BCUT2D eigenvalue weighted by Crippen LogP contribution is -2.23. The van der Waals surface area contributed by atoms with Crippen molar-refractivity contribution in [2.75, 3.05) is 20.1 Å². The number of likely N-dealkylation sites (N-methyl/N-ethyl adjacent to an activating group) is 1. The van der Waals surface area contributed by atoms with Crippen LogP contribution in [0.4, 0.5) is 0 Å². The molecular weight excluding hydrogens is 254 g/mol. The summed E-state index contributed by atoms with van der Waals surface area (Å²) in [4.78, 5) is 23.6. The Morgan fingerprint density at radius 1 is 1.25 bits per heavy atom. The number of hydrogen-bond donors (Lipinski definition) is 1. The van der Waals surface area contributed by atoms with E-state index in [9.17, 15) is 9.59 Å². The van der Waals surface area contributed by atoms with E-state index in [-0.39, 0.29) is 0 Å². The minimum absolute atomic E-state index is 0.817. The molecule has 1 aromatic rings. The van der Waals surface area contributed by atoms with Gasteiger partial charge in [-0.15, -0.1) is 0 Å². The molecular formula is C16H17NO3. The highest BCUT2D eigenvalue weighted by atomic mass is 16.4. The summed E-state index contributed by atoms with van der Waals surface area (Å²) < 4.78 is 0. The Morgan fingerprint density at radius 3 is 2.50 bits per heavy atom. The minimum Gasteiger partial charge on any atom is -0.475 e. The molecule has 0 unspecified atom stereocenters. The van der Waals surface area contributed by atoms with Crippen LogP contribution in [0.2, 0.25) is 0 Å². The van der Waals surface area contributed by atoms with E-state index < -0.39 is 11.8 Å². The summed E-state index contributed by atoms with van der Waals surface area (Å²) in [5.74, 6) is -2.35. The second-order valence-electron chi connectivity index (χ2n) is 4.87. The summed E-state index contributed by atoms with van der Waals surface area (Å²) in [5.41, 5.74) is 3.33. The van der Waals surface area contributed by atoms with Gasteiger partial charge >= 0.3 is 5.97 Å². The van der Waals surface area contributed by atoms with E-state index in [4.69, 9.17) is 5.11 Å². The van der Waals surface area contributed by atoms with E-state index in [0.29, 0.717) is 0 Å². The van der Waals surface area contributed by atoms with E-state index in [2.05, 4.69) is 18.0 Å². The summed E-state index contributed by atoms with van der Waals surface area (Å²) >= 11 is 0. The first-order valence-electron chi connectivity index (χ1n) is 6.49. The number of carbonyl (C=O) groups excluding carboxylic acids is 1. The van der Waals surface area contributed by atoms with Gasteiger partial charge in [0, 0.05) is 13.1 Å². The van der Waals surface area contributed by atoms with E-state index in [1.54, 1.807) is 0 Å². The summed E-state index contributed by atoms with van der Waals surface area (Å²) in [6.07, 6.45) is 5.85. The average molecular weight is 271 g/mol. The zero-order valence-corrected chi connectivity index (χ0v) is 11.4. The van der Waals surface area contributed by atoms with Gasteiger partial charge in [0.1, 0.15) is 0 Å². The molecule has 0 aromatic heterocycles. The number of carbonyl (C=O) groups is 2. The molecule has 1 aliphatic rings. The molecule has 0 aliphatic carbocycles. The number of carboxylic acids is 1. The Hall–Kier alpha value is -2.20. The molecule has 4 heteroatoms. The lowest BCUT2D eigenvalue weighted by Gasteiger charge is -2.22. The van der Waals surface area contributed by atoms with Gasteiger partial charge in [0.25, 0.3) is 5.78 Å². The third-order valence-electron chi connectivity index (χ3n) is 3.33. The van der Waals surface area contributed by atoms with Crippen LogP contribution in [0.25, 0.3) is 11.6 Å². The topological polar surface area (TPSA) is 57.6 Å². The largest absolute Gasteiger partial charge is 0.475 e. The van der Waals surface area contributed by atoms with Gasteiger partial charge in [-0.1, -0.05) is 36.4 Å². The molecule has 0 amide bonds. The fraction of sp³-hybridized carbons (Fsp3) is 0.250. The van der Waals surface area contributed by atoms with Crippen molar-refractivity contribution in [3.8, 4) is 0 Å². The van der Waals surface area contributed by atoms with Crippen molar-refractivity contribution in [1.82, 2.24) is 4.90 Å². The third-order valence-corrected chi connectivity index (χ3v) is 3.33. The first kappa shape index (κ1) is 14.2. The predicted octanol–water partition coefficient (Wildman–Crippen LogP) is 2.07. The van der Waals surface area contributed by atoms with Gasteiger partial charge in [-0.2, -0.15) is 0 Å². The lowest BCUT2D eigenvalue weighted by atomic mass is 9.98. The second-order valence-corrected chi connectivity index (χ2v) is 4.87. The molecule has 104 valence electrons. The third kappa shape index (κ3) is 3.65. The zero-order valence-electron chi connectivity index (χ0n) is 11.4. The fourth-order valence-electron chi connectivity index (χ4n) is 2.08. The van der Waals surface area contributed by atoms with Crippen molar-refractivity contribution in [1.29, 1.82) is 0 Å². The van der Waals surface area contributed by atoms with Crippen LogP contribution >= 0.6 is 0 Å². The lowest BCUT2D eigenvalue weighted by molar-refractivity contribution is -0.146. The van der Waals surface area contributed by atoms with Crippen molar-refractivity contribution < 1.29 is 14.7 Å². The Bertz CT molecular complexity index is 570. The molecule has 0 radical (unpaired) electrons. The number of ketones is 1. The minimum atomic E-state index is -1.44. The fourth-order valence-corrected chi connectivity index (χ4v) is 2.08. The highest BCUT2D eigenvalue weighted by Crippen LogP contribution is 2.22. The second kappa shape index (κ2) is 6.30. The van der Waals surface area contributed by atoms with E-state index in [1.165, 1.54) is 17.2 Å². The van der Waals surface area contributed by atoms with Gasteiger partial charge < -0.3 is 10.0 Å². The normalized spacial score (nSPS) is 16.1. The van der Waals surface area contributed by atoms with Gasteiger partial charge in [0.05, 0.1) is 0 Å². The smallest absolute Gasteiger partial charge is 0.376 e. The monoisotopic (exact) mass is 271 g/mol. The van der Waals surface area contributed by atoms with Crippen molar-refractivity contribution in [2.24, 2.45) is 0 Å². The Labute approximate surface area is 118 Å². The molecule has 0 saturated carbocycles. The van der Waals surface area contributed by atoms with Crippen LogP contribution in [0.3, 0.4) is 0 Å². The summed E-state index contributed by atoms with van der Waals surface area (Å²) in [6.45, 7) is 2.02. The van der Waals surface area contributed by atoms with Gasteiger partial charge in [0.15, 0.2) is 0 Å². The van der Waals surface area contributed by atoms with Crippen LogP contribution in [0.1, 0.15) is 17.5 Å². The number of aliphatic carboxylic acids is 1. The van der Waals surface area contributed by atoms with Gasteiger partial charge in [-0.3, -0.25) is 4.79 Å². The first-order valence-corrected chi connectivity index (χ1v) is 6.49. The molecule has 2 rings (SSSR count). The van der Waals surface area contributed by atoms with E-state index in [1.807, 2.05) is 24.3 Å². The molecule has 0 atom stereocenters. The van der Waals surface area contributed by atoms with Crippen molar-refractivity contribution in [2.45, 2.75) is 6.42 Å². The first-order chi connectivity index (χ1) is 9.56. The summed E-state index contributed by atoms with van der Waals surface area (Å²) in [7, 11) is 2.10. The Kier molecular flexibility index (Phi) is 4.48. The molecule has 1 aliphatic heterocycles.